The van der Waals surface area contributed by atoms with Crippen LogP contribution >= 0.6 is 0 Å². The summed E-state index contributed by atoms with van der Waals surface area (Å²) < 4.78 is 0. The fourth-order valence-corrected chi connectivity index (χ4v) is 1.91. The molecule has 1 nitrogen and oxygen atoms in total. The van der Waals surface area contributed by atoms with Gasteiger partial charge >= 0.3 is 0 Å². The van der Waals surface area contributed by atoms with E-state index in [0.29, 0.717) is 0 Å². The van der Waals surface area contributed by atoms with Crippen LogP contribution in [-0.4, -0.2) is 5.11 Å². The molecule has 1 heteroatoms. The standard InChI is InChI=1S/C12H16O/c1-8-6-9(2)10(3)11(7-8)12(13)4-5-12/h6-7,13H,4-5H2,1-3H3. The van der Waals surface area contributed by atoms with E-state index in [0.717, 1.165) is 18.4 Å². The minimum atomic E-state index is -0.485. The highest BCUT2D eigenvalue weighted by Crippen LogP contribution is 2.47. The van der Waals surface area contributed by atoms with Gasteiger partial charge in [-0.05, 0) is 50.3 Å². The van der Waals surface area contributed by atoms with Crippen molar-refractivity contribution in [3.63, 3.8) is 0 Å². The van der Waals surface area contributed by atoms with Gasteiger partial charge in [-0.2, -0.15) is 0 Å². The summed E-state index contributed by atoms with van der Waals surface area (Å²) in [5.41, 5.74) is 4.45. The topological polar surface area (TPSA) is 20.2 Å². The van der Waals surface area contributed by atoms with Crippen LogP contribution in [0.2, 0.25) is 0 Å². The maximum absolute atomic E-state index is 10.0. The second-order valence-electron chi connectivity index (χ2n) is 4.29. The lowest BCUT2D eigenvalue weighted by Gasteiger charge is -2.14. The van der Waals surface area contributed by atoms with Gasteiger partial charge in [0.05, 0.1) is 5.60 Å². The van der Waals surface area contributed by atoms with Crippen LogP contribution in [0, 0.1) is 20.8 Å². The molecular weight excluding hydrogens is 160 g/mol. The van der Waals surface area contributed by atoms with E-state index in [2.05, 4.69) is 32.9 Å². The molecule has 1 aliphatic carbocycles. The Morgan fingerprint density at radius 3 is 2.31 bits per heavy atom. The molecule has 1 N–H and O–H groups in total. The van der Waals surface area contributed by atoms with Gasteiger partial charge in [-0.3, -0.25) is 0 Å². The first kappa shape index (κ1) is 8.76. The maximum atomic E-state index is 10.0. The van der Waals surface area contributed by atoms with Crippen molar-refractivity contribution in [3.05, 3.63) is 34.4 Å². The third kappa shape index (κ3) is 1.37. The molecule has 70 valence electrons. The Balaban J connectivity index is 2.56. The van der Waals surface area contributed by atoms with E-state index in [4.69, 9.17) is 0 Å². The number of hydrogen-bond donors (Lipinski definition) is 1. The molecule has 0 aromatic heterocycles. The molecular formula is C12H16O. The fourth-order valence-electron chi connectivity index (χ4n) is 1.91. The van der Waals surface area contributed by atoms with Crippen LogP contribution < -0.4 is 0 Å². The minimum Gasteiger partial charge on any atom is -0.385 e. The van der Waals surface area contributed by atoms with E-state index in [-0.39, 0.29) is 0 Å². The van der Waals surface area contributed by atoms with Gasteiger partial charge in [0.25, 0.3) is 0 Å². The molecule has 0 radical (unpaired) electrons. The van der Waals surface area contributed by atoms with Crippen LogP contribution in [0.1, 0.15) is 35.1 Å². The summed E-state index contributed by atoms with van der Waals surface area (Å²) >= 11 is 0. The number of rotatable bonds is 1. The van der Waals surface area contributed by atoms with Gasteiger partial charge in [-0.15, -0.1) is 0 Å². The van der Waals surface area contributed by atoms with Crippen LogP contribution in [0.5, 0.6) is 0 Å². The van der Waals surface area contributed by atoms with Crippen LogP contribution in [0.4, 0.5) is 0 Å². The molecule has 13 heavy (non-hydrogen) atoms. The lowest BCUT2D eigenvalue weighted by molar-refractivity contribution is 0.150. The predicted molar refractivity (Wildman–Crippen MR) is 53.8 cm³/mol. The van der Waals surface area contributed by atoms with E-state index in [9.17, 15) is 5.11 Å². The van der Waals surface area contributed by atoms with E-state index in [1.807, 2.05) is 0 Å². The monoisotopic (exact) mass is 176 g/mol. The smallest absolute Gasteiger partial charge is 0.0901 e. The van der Waals surface area contributed by atoms with Gasteiger partial charge < -0.3 is 5.11 Å². The van der Waals surface area contributed by atoms with Crippen LogP contribution in [0.25, 0.3) is 0 Å². The van der Waals surface area contributed by atoms with Crippen LogP contribution in [0.3, 0.4) is 0 Å². The first-order valence-electron chi connectivity index (χ1n) is 4.84. The van der Waals surface area contributed by atoms with Crippen molar-refractivity contribution in [1.29, 1.82) is 0 Å². The summed E-state index contributed by atoms with van der Waals surface area (Å²) in [6.45, 7) is 6.29. The molecule has 1 aromatic carbocycles. The molecule has 0 atom stereocenters. The molecule has 0 saturated heterocycles. The average Bonchev–Trinajstić information content (AvgIpc) is 2.77. The van der Waals surface area contributed by atoms with Gasteiger partial charge in [0.2, 0.25) is 0 Å². The quantitative estimate of drug-likeness (QED) is 0.697. The molecule has 0 bridgehead atoms. The summed E-state index contributed by atoms with van der Waals surface area (Å²) in [6, 6.07) is 4.29. The average molecular weight is 176 g/mol. The highest BCUT2D eigenvalue weighted by atomic mass is 16.3. The fraction of sp³-hybridized carbons (Fsp3) is 0.500. The van der Waals surface area contributed by atoms with E-state index in [1.54, 1.807) is 0 Å². The molecule has 1 fully saturated rings. The van der Waals surface area contributed by atoms with Gasteiger partial charge in [-0.1, -0.05) is 17.7 Å². The Morgan fingerprint density at radius 2 is 1.77 bits per heavy atom. The molecule has 1 aliphatic rings. The zero-order valence-electron chi connectivity index (χ0n) is 8.52. The highest BCUT2D eigenvalue weighted by Gasteiger charge is 2.43. The molecule has 1 aromatic rings. The second-order valence-corrected chi connectivity index (χ2v) is 4.29. The van der Waals surface area contributed by atoms with Crippen molar-refractivity contribution >= 4 is 0 Å². The first-order chi connectivity index (χ1) is 6.03. The van der Waals surface area contributed by atoms with Crippen molar-refractivity contribution < 1.29 is 5.11 Å². The van der Waals surface area contributed by atoms with Crippen molar-refractivity contribution in [2.45, 2.75) is 39.2 Å². The van der Waals surface area contributed by atoms with Gasteiger partial charge in [0.1, 0.15) is 0 Å². The summed E-state index contributed by atoms with van der Waals surface area (Å²) in [6.07, 6.45) is 1.85. The van der Waals surface area contributed by atoms with Gasteiger partial charge in [0.15, 0.2) is 0 Å². The Kier molecular flexibility index (Phi) is 1.74. The molecule has 0 spiro atoms. The van der Waals surface area contributed by atoms with Crippen molar-refractivity contribution in [1.82, 2.24) is 0 Å². The van der Waals surface area contributed by atoms with E-state index < -0.39 is 5.60 Å². The zero-order valence-corrected chi connectivity index (χ0v) is 8.52. The Labute approximate surface area is 79.4 Å². The van der Waals surface area contributed by atoms with E-state index in [1.165, 1.54) is 16.7 Å². The molecule has 0 amide bonds. The predicted octanol–water partition coefficient (Wildman–Crippen LogP) is 2.59. The molecule has 0 heterocycles. The largest absolute Gasteiger partial charge is 0.385 e. The molecule has 0 aliphatic heterocycles. The lowest BCUT2D eigenvalue weighted by atomic mass is 9.95. The SMILES string of the molecule is Cc1cc(C)c(C)c(C2(O)CC2)c1. The zero-order chi connectivity index (χ0) is 9.64. The van der Waals surface area contributed by atoms with Crippen LogP contribution in [0.15, 0.2) is 12.1 Å². The minimum absolute atomic E-state index is 0.485. The third-order valence-corrected chi connectivity index (χ3v) is 3.04. The summed E-state index contributed by atoms with van der Waals surface area (Å²) in [5.74, 6) is 0. The van der Waals surface area contributed by atoms with Gasteiger partial charge in [-0.25, -0.2) is 0 Å². The molecule has 1 saturated carbocycles. The summed E-state index contributed by atoms with van der Waals surface area (Å²) in [4.78, 5) is 0. The number of benzene rings is 1. The first-order valence-corrected chi connectivity index (χ1v) is 4.84. The normalized spacial score (nSPS) is 18.8. The Morgan fingerprint density at radius 1 is 1.15 bits per heavy atom. The Bertz CT molecular complexity index is 348. The second kappa shape index (κ2) is 2.58. The lowest BCUT2D eigenvalue weighted by Crippen LogP contribution is -2.08. The number of aliphatic hydroxyl groups is 1. The molecule has 2 rings (SSSR count). The number of hydrogen-bond acceptors (Lipinski definition) is 1. The van der Waals surface area contributed by atoms with E-state index >= 15 is 0 Å². The van der Waals surface area contributed by atoms with Crippen molar-refractivity contribution in [3.8, 4) is 0 Å². The summed E-state index contributed by atoms with van der Waals surface area (Å²) in [7, 11) is 0. The summed E-state index contributed by atoms with van der Waals surface area (Å²) in [5, 5.41) is 10.0. The van der Waals surface area contributed by atoms with Crippen LogP contribution in [-0.2, 0) is 5.60 Å². The van der Waals surface area contributed by atoms with Crippen molar-refractivity contribution in [2.75, 3.05) is 0 Å². The van der Waals surface area contributed by atoms with Crippen molar-refractivity contribution in [2.24, 2.45) is 0 Å². The maximum Gasteiger partial charge on any atom is 0.0901 e. The Hall–Kier alpha value is -0.820. The molecule has 0 unspecified atom stereocenters. The highest BCUT2D eigenvalue weighted by molar-refractivity contribution is 5.42. The number of aryl methyl sites for hydroxylation is 2. The van der Waals surface area contributed by atoms with Gasteiger partial charge in [0, 0.05) is 0 Å². The third-order valence-electron chi connectivity index (χ3n) is 3.04.